The van der Waals surface area contributed by atoms with E-state index >= 15 is 0 Å². The highest BCUT2D eigenvalue weighted by atomic mass is 16.2. The number of likely N-dealkylation sites (tertiary alicyclic amines) is 1. The van der Waals surface area contributed by atoms with Gasteiger partial charge in [-0.05, 0) is 81.9 Å². The molecule has 0 aromatic carbocycles. The monoisotopic (exact) mass is 490 g/mol. The zero-order chi connectivity index (χ0) is 26.8. The number of carbonyl (C=O) groups excluding carboxylic acids is 1. The van der Waals surface area contributed by atoms with Crippen molar-refractivity contribution >= 4 is 23.2 Å². The van der Waals surface area contributed by atoms with Crippen molar-refractivity contribution < 1.29 is 4.79 Å². The third-order valence-corrected chi connectivity index (χ3v) is 6.77. The maximum atomic E-state index is 13.3. The van der Waals surface area contributed by atoms with E-state index in [1.165, 1.54) is 5.57 Å². The lowest BCUT2D eigenvalue weighted by Crippen LogP contribution is -2.37. The number of fused-ring (bicyclic) bond motifs is 1. The van der Waals surface area contributed by atoms with Crippen LogP contribution in [0.5, 0.6) is 0 Å². The largest absolute Gasteiger partial charge is 0.309 e. The average molecular weight is 491 g/mol. The quantitative estimate of drug-likeness (QED) is 0.418. The van der Waals surface area contributed by atoms with E-state index < -0.39 is 0 Å². The molecule has 1 unspecified atom stereocenters. The summed E-state index contributed by atoms with van der Waals surface area (Å²) in [4.78, 5) is 22.2. The Morgan fingerprint density at radius 3 is 2.44 bits per heavy atom. The molecule has 0 N–H and O–H groups in total. The highest BCUT2D eigenvalue weighted by Gasteiger charge is 2.25. The number of allylic oxidation sites excluding steroid dienone is 3. The first-order valence-electron chi connectivity index (χ1n) is 13.6. The summed E-state index contributed by atoms with van der Waals surface area (Å²) < 4.78 is 2.01. The fourth-order valence-electron chi connectivity index (χ4n) is 4.71. The molecule has 1 saturated heterocycles. The molecule has 5 heteroatoms. The molecule has 36 heavy (non-hydrogen) atoms. The fourth-order valence-corrected chi connectivity index (χ4v) is 4.71. The topological polar surface area (TPSA) is 40.9 Å². The summed E-state index contributed by atoms with van der Waals surface area (Å²) >= 11 is 0. The molecule has 0 bridgehead atoms. The Labute approximate surface area is 218 Å². The molecule has 1 atom stereocenters. The van der Waals surface area contributed by atoms with Crippen molar-refractivity contribution in [2.24, 2.45) is 5.92 Å². The Balaban J connectivity index is 0.00000109. The standard InChI is InChI=1S/C27H34N4O.2C2H6/c1-6-22-15-25(17-30-16-20(4)28-27(22)30)19(3)14-26(32)31-18-24(9-8-21(31)5)23-10-12-29(7-2)13-11-23;2*1-2/h6,8-9,14-18,21,23H,1,7,10-13H2,2-5H3;2*1-2H3/b19-14+;;. The highest BCUT2D eigenvalue weighted by molar-refractivity contribution is 5.96. The molecule has 2 aromatic rings. The van der Waals surface area contributed by atoms with Crippen LogP contribution in [0.1, 0.15) is 78.1 Å². The van der Waals surface area contributed by atoms with E-state index in [-0.39, 0.29) is 11.9 Å². The van der Waals surface area contributed by atoms with Gasteiger partial charge in [-0.2, -0.15) is 0 Å². The van der Waals surface area contributed by atoms with E-state index in [1.54, 1.807) is 6.08 Å². The van der Waals surface area contributed by atoms with Gasteiger partial charge in [0.25, 0.3) is 5.91 Å². The van der Waals surface area contributed by atoms with Crippen LogP contribution in [0.15, 0.2) is 55.0 Å². The average Bonchev–Trinajstić information content (AvgIpc) is 3.30. The first kappa shape index (κ1) is 29.3. The molecule has 2 aliphatic heterocycles. The smallest absolute Gasteiger partial charge is 0.251 e. The summed E-state index contributed by atoms with van der Waals surface area (Å²) in [7, 11) is 0. The summed E-state index contributed by atoms with van der Waals surface area (Å²) in [6.07, 6.45) is 16.4. The molecule has 1 amide bonds. The zero-order valence-electron chi connectivity index (χ0n) is 23.7. The summed E-state index contributed by atoms with van der Waals surface area (Å²) in [5, 5.41) is 0. The van der Waals surface area contributed by atoms with Crippen LogP contribution in [-0.2, 0) is 4.79 Å². The Kier molecular flexibility index (Phi) is 11.4. The third-order valence-electron chi connectivity index (χ3n) is 6.77. The van der Waals surface area contributed by atoms with Crippen LogP contribution in [-0.4, -0.2) is 50.8 Å². The Morgan fingerprint density at radius 1 is 1.17 bits per heavy atom. The third kappa shape index (κ3) is 6.85. The molecule has 0 aliphatic carbocycles. The van der Waals surface area contributed by atoms with Crippen molar-refractivity contribution in [2.75, 3.05) is 19.6 Å². The SMILES string of the molecule is C=Cc1cc(/C(C)=C/C(=O)N2C=C(C3CCN(CC)CC3)C=CC2C)cn2cc(C)nc12.CC.CC. The number of amides is 1. The van der Waals surface area contributed by atoms with E-state index in [9.17, 15) is 4.79 Å². The Morgan fingerprint density at radius 2 is 1.83 bits per heavy atom. The van der Waals surface area contributed by atoms with E-state index in [0.717, 1.165) is 60.5 Å². The van der Waals surface area contributed by atoms with E-state index in [4.69, 9.17) is 0 Å². The number of pyridine rings is 1. The number of rotatable bonds is 5. The first-order valence-corrected chi connectivity index (χ1v) is 13.6. The van der Waals surface area contributed by atoms with Crippen molar-refractivity contribution in [1.82, 2.24) is 19.2 Å². The number of carbonyl (C=O) groups is 1. The van der Waals surface area contributed by atoms with Gasteiger partial charge in [-0.1, -0.05) is 59.4 Å². The van der Waals surface area contributed by atoms with Crippen LogP contribution < -0.4 is 0 Å². The lowest BCUT2D eigenvalue weighted by molar-refractivity contribution is -0.124. The second kappa shape index (κ2) is 14.0. The minimum atomic E-state index is 0.0184. The minimum Gasteiger partial charge on any atom is -0.309 e. The van der Waals surface area contributed by atoms with Gasteiger partial charge in [0, 0.05) is 30.2 Å². The summed E-state index contributed by atoms with van der Waals surface area (Å²) in [6, 6.07) is 2.10. The maximum Gasteiger partial charge on any atom is 0.251 e. The van der Waals surface area contributed by atoms with E-state index in [2.05, 4.69) is 54.7 Å². The Bertz CT molecular complexity index is 1110. The van der Waals surface area contributed by atoms with Gasteiger partial charge in [-0.25, -0.2) is 4.98 Å². The van der Waals surface area contributed by atoms with Gasteiger partial charge < -0.3 is 14.2 Å². The normalized spacial score (nSPS) is 18.7. The van der Waals surface area contributed by atoms with Crippen LogP contribution in [0.2, 0.25) is 0 Å². The van der Waals surface area contributed by atoms with Gasteiger partial charge in [0.15, 0.2) is 0 Å². The fraction of sp³-hybridized carbons (Fsp3) is 0.484. The molecule has 5 nitrogen and oxygen atoms in total. The maximum absolute atomic E-state index is 13.3. The van der Waals surface area contributed by atoms with Gasteiger partial charge in [-0.15, -0.1) is 0 Å². The second-order valence-electron chi connectivity index (χ2n) is 9.01. The summed E-state index contributed by atoms with van der Waals surface area (Å²) in [5.74, 6) is 0.550. The van der Waals surface area contributed by atoms with E-state index in [1.807, 2.05) is 69.3 Å². The molecule has 0 saturated carbocycles. The van der Waals surface area contributed by atoms with Crippen molar-refractivity contribution in [1.29, 1.82) is 0 Å². The molecule has 1 fully saturated rings. The molecular weight excluding hydrogens is 444 g/mol. The van der Waals surface area contributed by atoms with Crippen molar-refractivity contribution in [2.45, 2.75) is 74.3 Å². The van der Waals surface area contributed by atoms with Gasteiger partial charge in [-0.3, -0.25) is 4.79 Å². The second-order valence-corrected chi connectivity index (χ2v) is 9.01. The molecule has 0 radical (unpaired) electrons. The highest BCUT2D eigenvalue weighted by Crippen LogP contribution is 2.29. The van der Waals surface area contributed by atoms with Crippen LogP contribution in [0, 0.1) is 12.8 Å². The number of nitrogens with zero attached hydrogens (tertiary/aromatic N) is 4. The van der Waals surface area contributed by atoms with Crippen molar-refractivity contribution in [3.8, 4) is 0 Å². The molecule has 196 valence electrons. The summed E-state index contributed by atoms with van der Waals surface area (Å²) in [6.45, 7) is 23.6. The number of aryl methyl sites for hydroxylation is 1. The molecule has 0 spiro atoms. The molecule has 4 rings (SSSR count). The number of hydrogen-bond acceptors (Lipinski definition) is 3. The van der Waals surface area contributed by atoms with E-state index in [0.29, 0.717) is 5.92 Å². The minimum absolute atomic E-state index is 0.0184. The number of piperidine rings is 1. The molecule has 4 heterocycles. The van der Waals surface area contributed by atoms with Gasteiger partial charge in [0.05, 0.1) is 11.7 Å². The number of imidazole rings is 1. The van der Waals surface area contributed by atoms with Gasteiger partial charge in [0.1, 0.15) is 5.65 Å². The Hall–Kier alpha value is -2.92. The zero-order valence-corrected chi connectivity index (χ0v) is 23.7. The lowest BCUT2D eigenvalue weighted by atomic mass is 9.87. The summed E-state index contributed by atoms with van der Waals surface area (Å²) in [5.41, 5.74) is 6.01. The molecular formula is C31H46N4O. The van der Waals surface area contributed by atoms with Crippen molar-refractivity contribution in [3.63, 3.8) is 0 Å². The molecule has 2 aromatic heterocycles. The van der Waals surface area contributed by atoms with Crippen LogP contribution in [0.4, 0.5) is 0 Å². The lowest BCUT2D eigenvalue weighted by Gasteiger charge is -2.34. The van der Waals surface area contributed by atoms with Gasteiger partial charge >= 0.3 is 0 Å². The number of aromatic nitrogens is 2. The predicted octanol–water partition coefficient (Wildman–Crippen LogP) is 7.14. The van der Waals surface area contributed by atoms with Crippen LogP contribution in [0.3, 0.4) is 0 Å². The first-order chi connectivity index (χ1) is 17.4. The molecule has 2 aliphatic rings. The van der Waals surface area contributed by atoms with Crippen molar-refractivity contribution in [3.05, 3.63) is 71.9 Å². The predicted molar refractivity (Wildman–Crippen MR) is 155 cm³/mol. The number of hydrogen-bond donors (Lipinski definition) is 0. The van der Waals surface area contributed by atoms with Gasteiger partial charge in [0.2, 0.25) is 0 Å². The van der Waals surface area contributed by atoms with Crippen LogP contribution >= 0.6 is 0 Å². The van der Waals surface area contributed by atoms with Crippen LogP contribution in [0.25, 0.3) is 17.3 Å².